The Morgan fingerprint density at radius 3 is 2.46 bits per heavy atom. The normalized spacial score (nSPS) is 12.5. The maximum atomic E-state index is 10.1. The van der Waals surface area contributed by atoms with Crippen LogP contribution in [0.2, 0.25) is 0 Å². The van der Waals surface area contributed by atoms with Crippen LogP contribution in [0.3, 0.4) is 0 Å². The van der Waals surface area contributed by atoms with Crippen molar-refractivity contribution in [3.63, 3.8) is 0 Å². The molecule has 5 heteroatoms. The molecule has 0 aliphatic heterocycles. The number of hydrogen-bond acceptors (Lipinski definition) is 3. The maximum absolute atomic E-state index is 10.1. The summed E-state index contributed by atoms with van der Waals surface area (Å²) in [5.74, 6) is 0. The lowest BCUT2D eigenvalue weighted by Gasteiger charge is -2.15. The summed E-state index contributed by atoms with van der Waals surface area (Å²) in [5, 5.41) is 2.70. The first-order valence-corrected chi connectivity index (χ1v) is 8.72. The topological polar surface area (TPSA) is 57.2 Å². The Hall–Kier alpha value is -2.37. The molecule has 3 aromatic carbocycles. The van der Waals surface area contributed by atoms with Gasteiger partial charge in [-0.25, -0.2) is 8.42 Å². The molecule has 0 atom stereocenters. The zero-order chi connectivity index (χ0) is 17.3. The Labute approximate surface area is 140 Å². The first-order valence-electron chi connectivity index (χ1n) is 7.41. The second kappa shape index (κ2) is 6.26. The van der Waals surface area contributed by atoms with E-state index in [-0.39, 0.29) is 0 Å². The zero-order valence-corrected chi connectivity index (χ0v) is 13.8. The fraction of sp³-hybridized carbons (Fsp3) is 0.105. The minimum Gasteiger partial charge on any atom is -0.722 e. The van der Waals surface area contributed by atoms with E-state index in [2.05, 4.69) is 67.9 Å². The highest BCUT2D eigenvalue weighted by Crippen LogP contribution is 2.33. The van der Waals surface area contributed by atoms with E-state index < -0.39 is 10.5 Å². The van der Waals surface area contributed by atoms with E-state index in [1.165, 1.54) is 38.6 Å². The van der Waals surface area contributed by atoms with Crippen LogP contribution in [-0.4, -0.2) is 13.0 Å². The van der Waals surface area contributed by atoms with Crippen LogP contribution in [0, 0.1) is 13.3 Å². The van der Waals surface area contributed by atoms with Crippen LogP contribution in [0.5, 0.6) is 0 Å². The Morgan fingerprint density at radius 2 is 1.71 bits per heavy atom. The van der Waals surface area contributed by atoms with Crippen molar-refractivity contribution in [2.24, 2.45) is 0 Å². The van der Waals surface area contributed by atoms with Crippen molar-refractivity contribution in [2.75, 3.05) is 0 Å². The van der Waals surface area contributed by atoms with Gasteiger partial charge in [-0.3, -0.25) is 0 Å². The van der Waals surface area contributed by atoms with Gasteiger partial charge in [0.1, 0.15) is 0 Å². The molecule has 0 amide bonds. The van der Waals surface area contributed by atoms with Gasteiger partial charge in [0.2, 0.25) is 0 Å². The van der Waals surface area contributed by atoms with E-state index in [0.717, 1.165) is 6.42 Å². The molecule has 3 aromatic rings. The summed E-state index contributed by atoms with van der Waals surface area (Å²) in [6.45, 7) is 2.16. The van der Waals surface area contributed by atoms with Gasteiger partial charge < -0.3 is 4.55 Å². The summed E-state index contributed by atoms with van der Waals surface area (Å²) in [7, 11) is -5.42. The number of aryl methyl sites for hydroxylation is 1. The molecule has 0 fully saturated rings. The zero-order valence-electron chi connectivity index (χ0n) is 13.0. The fourth-order valence-corrected chi connectivity index (χ4v) is 3.04. The molecule has 0 unspecified atom stereocenters. The molecule has 122 valence electrons. The quantitative estimate of drug-likeness (QED) is 0.275. The Balaban J connectivity index is 0.000000300. The molecule has 1 aliphatic carbocycles. The minimum absolute atomic E-state index is 1.05. The van der Waals surface area contributed by atoms with Crippen LogP contribution in [0.1, 0.15) is 27.8 Å². The Kier molecular flexibility index (Phi) is 4.30. The molecule has 3 nitrogen and oxygen atoms in total. The van der Waals surface area contributed by atoms with Crippen molar-refractivity contribution in [2.45, 2.75) is 13.3 Å². The van der Waals surface area contributed by atoms with Gasteiger partial charge in [0.25, 0.3) is 10.5 Å². The molecule has 0 spiro atoms. The summed E-state index contributed by atoms with van der Waals surface area (Å²) < 4.78 is 35.3. The van der Waals surface area contributed by atoms with E-state index >= 15 is 0 Å². The van der Waals surface area contributed by atoms with Crippen LogP contribution in [-0.2, 0) is 16.9 Å². The Bertz CT molecular complexity index is 1000. The van der Waals surface area contributed by atoms with Gasteiger partial charge in [-0.2, -0.15) is 0 Å². The first-order chi connectivity index (χ1) is 11.3. The van der Waals surface area contributed by atoms with E-state index in [0.29, 0.717) is 0 Å². The highest BCUT2D eigenvalue weighted by molar-refractivity contribution is 7.80. The molecule has 0 heterocycles. The second-order valence-corrected chi connectivity index (χ2v) is 6.56. The first kappa shape index (κ1) is 16.5. The molecule has 0 saturated heterocycles. The van der Waals surface area contributed by atoms with Gasteiger partial charge in [0.15, 0.2) is 0 Å². The highest BCUT2D eigenvalue weighted by Gasteiger charge is 2.24. The molecule has 0 saturated carbocycles. The third kappa shape index (κ3) is 3.75. The predicted molar refractivity (Wildman–Crippen MR) is 91.2 cm³/mol. The molecule has 0 N–H and O–H groups in total. The summed E-state index contributed by atoms with van der Waals surface area (Å²) in [6, 6.07) is 19.9. The molecule has 0 radical (unpaired) electrons. The van der Waals surface area contributed by atoms with Crippen molar-refractivity contribution < 1.29 is 16.9 Å². The minimum atomic E-state index is -5.42. The van der Waals surface area contributed by atoms with Crippen molar-refractivity contribution in [1.29, 1.82) is 0 Å². The average molecular weight is 342 g/mol. The molecule has 0 bridgehead atoms. The summed E-state index contributed by atoms with van der Waals surface area (Å²) in [5.41, 5.74) is 6.99. The van der Waals surface area contributed by atoms with E-state index in [1.807, 2.05) is 0 Å². The maximum Gasteiger partial charge on any atom is 0.255 e. The van der Waals surface area contributed by atoms with E-state index in [4.69, 9.17) is 13.0 Å². The van der Waals surface area contributed by atoms with Gasteiger partial charge >= 0.3 is 0 Å². The fourth-order valence-electron chi connectivity index (χ4n) is 3.04. The van der Waals surface area contributed by atoms with Crippen molar-refractivity contribution in [1.82, 2.24) is 0 Å². The standard InChI is InChI=1S/C19H15.FHO3S/c1-13-6-7-15-11-16-9-8-14-4-2-3-5-18(14)19(16)12-17(15)10-13;1-5(2,3)4/h2-10,12H,11H2,1H3;(H,2,3,4)/q+1;/p-1. The lowest BCUT2D eigenvalue weighted by molar-refractivity contribution is 0.417. The van der Waals surface area contributed by atoms with Crippen LogP contribution in [0.4, 0.5) is 3.89 Å². The van der Waals surface area contributed by atoms with Gasteiger partial charge in [-0.15, -0.1) is 3.89 Å². The monoisotopic (exact) mass is 342 g/mol. The summed E-state index contributed by atoms with van der Waals surface area (Å²) >= 11 is 0. The Morgan fingerprint density at radius 1 is 1.04 bits per heavy atom. The lowest BCUT2D eigenvalue weighted by Crippen LogP contribution is -2.06. The number of rotatable bonds is 0. The molecule has 4 rings (SSSR count). The van der Waals surface area contributed by atoms with Crippen LogP contribution < -0.4 is 0 Å². The number of benzene rings is 3. The third-order valence-corrected chi connectivity index (χ3v) is 4.04. The largest absolute Gasteiger partial charge is 0.722 e. The number of hydrogen-bond donors (Lipinski definition) is 0. The summed E-state index contributed by atoms with van der Waals surface area (Å²) in [4.78, 5) is 0. The van der Waals surface area contributed by atoms with Crippen molar-refractivity contribution >= 4 is 21.3 Å². The second-order valence-electron chi connectivity index (χ2n) is 5.78. The third-order valence-electron chi connectivity index (χ3n) is 4.04. The SMILES string of the molecule is Cc1ccc2c(c1)[CH+]c1c(ccc3ccccc13)C2.O=S(=O)([O-])F. The predicted octanol–water partition coefficient (Wildman–Crippen LogP) is 4.07. The van der Waals surface area contributed by atoms with E-state index in [1.54, 1.807) is 0 Å². The number of fused-ring (bicyclic) bond motifs is 4. The van der Waals surface area contributed by atoms with Gasteiger partial charge in [-0.1, -0.05) is 12.1 Å². The van der Waals surface area contributed by atoms with E-state index in [9.17, 15) is 3.89 Å². The average Bonchev–Trinajstić information content (AvgIpc) is 2.51. The molecule has 1 aliphatic rings. The molecular formula is C19H15FO3S. The van der Waals surface area contributed by atoms with Crippen LogP contribution in [0.25, 0.3) is 10.8 Å². The van der Waals surface area contributed by atoms with Crippen molar-refractivity contribution in [3.05, 3.63) is 88.8 Å². The lowest BCUT2D eigenvalue weighted by atomic mass is 9.83. The number of halogens is 1. The van der Waals surface area contributed by atoms with Gasteiger partial charge in [-0.05, 0) is 48.9 Å². The van der Waals surface area contributed by atoms with Crippen molar-refractivity contribution in [3.8, 4) is 0 Å². The summed E-state index contributed by atoms with van der Waals surface area (Å²) in [6.07, 6.45) is 3.40. The highest BCUT2D eigenvalue weighted by atomic mass is 32.3. The molecular weight excluding hydrogens is 327 g/mol. The smallest absolute Gasteiger partial charge is 0.255 e. The molecule has 0 aromatic heterocycles. The molecule has 24 heavy (non-hydrogen) atoms. The van der Waals surface area contributed by atoms with Crippen LogP contribution >= 0.6 is 0 Å². The van der Waals surface area contributed by atoms with Crippen LogP contribution in [0.15, 0.2) is 54.6 Å². The van der Waals surface area contributed by atoms with Gasteiger partial charge in [0, 0.05) is 29.0 Å². The van der Waals surface area contributed by atoms with Gasteiger partial charge in [0.05, 0.1) is 22.9 Å².